The van der Waals surface area contributed by atoms with Crippen LogP contribution in [0, 0.1) is 16.7 Å². The topological polar surface area (TPSA) is 52.9 Å². The number of hydrogen-bond acceptors (Lipinski definition) is 2. The van der Waals surface area contributed by atoms with Gasteiger partial charge in [0.25, 0.3) is 0 Å². The predicted molar refractivity (Wildman–Crippen MR) is 69.1 cm³/mol. The van der Waals surface area contributed by atoms with Gasteiger partial charge in [0.15, 0.2) is 0 Å². The van der Waals surface area contributed by atoms with Crippen LogP contribution in [0.1, 0.15) is 20.3 Å². The lowest BCUT2D eigenvalue weighted by atomic mass is 9.88. The van der Waals surface area contributed by atoms with Gasteiger partial charge in [-0.15, -0.1) is 0 Å². The molecule has 3 nitrogen and oxygen atoms in total. The first-order chi connectivity index (χ1) is 7.91. The molecule has 0 aliphatic heterocycles. The third kappa shape index (κ3) is 3.36. The molecule has 90 valence electrons. The van der Waals surface area contributed by atoms with Gasteiger partial charge < -0.3 is 5.32 Å². The maximum Gasteiger partial charge on any atom is 0.244 e. The zero-order chi connectivity index (χ0) is 13.1. The number of nitrogens with zero attached hydrogens (tertiary/aromatic N) is 1. The molecule has 0 aliphatic carbocycles. The van der Waals surface area contributed by atoms with Gasteiger partial charge in [0.1, 0.15) is 5.41 Å². The Kier molecular flexibility index (Phi) is 4.39. The van der Waals surface area contributed by atoms with E-state index in [1.807, 2.05) is 6.07 Å². The molecular weight excluding hydrogens is 259 g/mol. The van der Waals surface area contributed by atoms with E-state index in [0.717, 1.165) is 0 Å². The minimum Gasteiger partial charge on any atom is -0.325 e. The van der Waals surface area contributed by atoms with E-state index in [1.54, 1.807) is 32.0 Å². The summed E-state index contributed by atoms with van der Waals surface area (Å²) in [5.74, 6) is -0.360. The Morgan fingerprint density at radius 1 is 1.41 bits per heavy atom. The fourth-order valence-electron chi connectivity index (χ4n) is 1.19. The third-order valence-electron chi connectivity index (χ3n) is 2.58. The lowest BCUT2D eigenvalue weighted by Crippen LogP contribution is -2.31. The van der Waals surface area contributed by atoms with Crippen molar-refractivity contribution in [2.24, 2.45) is 5.41 Å². The fraction of sp³-hybridized carbons (Fsp3) is 0.333. The molecular formula is C12H12Cl2N2O. The molecule has 0 radical (unpaired) electrons. The van der Waals surface area contributed by atoms with Gasteiger partial charge in [-0.1, -0.05) is 30.1 Å². The molecule has 0 spiro atoms. The van der Waals surface area contributed by atoms with Crippen molar-refractivity contribution >= 4 is 34.8 Å². The Labute approximate surface area is 110 Å². The van der Waals surface area contributed by atoms with Crippen molar-refractivity contribution in [1.29, 1.82) is 5.26 Å². The van der Waals surface area contributed by atoms with E-state index in [9.17, 15) is 4.79 Å². The van der Waals surface area contributed by atoms with Crippen molar-refractivity contribution < 1.29 is 4.79 Å². The summed E-state index contributed by atoms with van der Waals surface area (Å²) in [6, 6.07) is 6.74. The van der Waals surface area contributed by atoms with E-state index in [1.165, 1.54) is 0 Å². The standard InChI is InChI=1S/C12H12Cl2N2O/c1-3-12(2,7-15)11(17)16-10-5-8(13)4-9(14)6-10/h4-6H,3H2,1-2H3,(H,16,17). The number of carbonyl (C=O) groups is 1. The zero-order valence-electron chi connectivity index (χ0n) is 9.55. The SMILES string of the molecule is CCC(C)(C#N)C(=O)Nc1cc(Cl)cc(Cl)c1. The average Bonchev–Trinajstić information content (AvgIpc) is 2.26. The first kappa shape index (κ1) is 13.8. The normalized spacial score (nSPS) is 13.6. The number of nitrogens with one attached hydrogen (secondary N) is 1. The van der Waals surface area contributed by atoms with Crippen molar-refractivity contribution in [1.82, 2.24) is 0 Å². The lowest BCUT2D eigenvalue weighted by Gasteiger charge is -2.18. The van der Waals surface area contributed by atoms with Gasteiger partial charge in [0.05, 0.1) is 6.07 Å². The first-order valence-corrected chi connectivity index (χ1v) is 5.85. The lowest BCUT2D eigenvalue weighted by molar-refractivity contribution is -0.122. The maximum absolute atomic E-state index is 11.9. The number of anilines is 1. The summed E-state index contributed by atoms with van der Waals surface area (Å²) in [5.41, 5.74) is -0.558. The van der Waals surface area contributed by atoms with Gasteiger partial charge in [-0.05, 0) is 31.5 Å². The Hall–Kier alpha value is -1.24. The maximum atomic E-state index is 11.9. The van der Waals surface area contributed by atoms with Crippen molar-refractivity contribution in [2.75, 3.05) is 5.32 Å². The fourth-order valence-corrected chi connectivity index (χ4v) is 1.71. The van der Waals surface area contributed by atoms with Crippen molar-refractivity contribution in [3.63, 3.8) is 0 Å². The molecule has 1 N–H and O–H groups in total. The molecule has 1 aromatic carbocycles. The second kappa shape index (κ2) is 5.39. The summed E-state index contributed by atoms with van der Waals surface area (Å²) in [4.78, 5) is 11.9. The van der Waals surface area contributed by atoms with Crippen LogP contribution in [-0.2, 0) is 4.79 Å². The van der Waals surface area contributed by atoms with E-state index in [-0.39, 0.29) is 5.91 Å². The molecule has 0 aliphatic rings. The molecule has 17 heavy (non-hydrogen) atoms. The molecule has 0 fully saturated rings. The number of benzene rings is 1. The van der Waals surface area contributed by atoms with Crippen LogP contribution in [-0.4, -0.2) is 5.91 Å². The summed E-state index contributed by atoms with van der Waals surface area (Å²) in [5, 5.41) is 12.5. The molecule has 1 rings (SSSR count). The molecule has 0 saturated heterocycles. The van der Waals surface area contributed by atoms with E-state index in [4.69, 9.17) is 28.5 Å². The first-order valence-electron chi connectivity index (χ1n) is 5.10. The second-order valence-corrected chi connectivity index (χ2v) is 4.78. The van der Waals surface area contributed by atoms with Crippen LogP contribution >= 0.6 is 23.2 Å². The summed E-state index contributed by atoms with van der Waals surface area (Å²) in [6.45, 7) is 3.38. The molecule has 5 heteroatoms. The van der Waals surface area contributed by atoms with Crippen molar-refractivity contribution in [3.05, 3.63) is 28.2 Å². The molecule has 0 bridgehead atoms. The van der Waals surface area contributed by atoms with Gasteiger partial charge in [-0.25, -0.2) is 0 Å². The quantitative estimate of drug-likeness (QED) is 0.907. The van der Waals surface area contributed by atoms with E-state index < -0.39 is 5.41 Å². The Morgan fingerprint density at radius 3 is 2.35 bits per heavy atom. The molecule has 1 unspecified atom stereocenters. The minimum absolute atomic E-state index is 0.360. The number of nitriles is 1. The van der Waals surface area contributed by atoms with Crippen LogP contribution in [0.2, 0.25) is 10.0 Å². The molecule has 1 amide bonds. The summed E-state index contributed by atoms with van der Waals surface area (Å²) in [7, 11) is 0. The molecule has 0 heterocycles. The highest BCUT2D eigenvalue weighted by molar-refractivity contribution is 6.35. The van der Waals surface area contributed by atoms with Gasteiger partial charge in [-0.3, -0.25) is 4.79 Å². The van der Waals surface area contributed by atoms with Crippen LogP contribution in [0.4, 0.5) is 5.69 Å². The van der Waals surface area contributed by atoms with Gasteiger partial charge >= 0.3 is 0 Å². The van der Waals surface area contributed by atoms with Gasteiger partial charge in [0.2, 0.25) is 5.91 Å². The second-order valence-electron chi connectivity index (χ2n) is 3.91. The van der Waals surface area contributed by atoms with Crippen LogP contribution in [0.5, 0.6) is 0 Å². The van der Waals surface area contributed by atoms with E-state index in [0.29, 0.717) is 22.2 Å². The zero-order valence-corrected chi connectivity index (χ0v) is 11.1. The highest BCUT2D eigenvalue weighted by Crippen LogP contribution is 2.26. The monoisotopic (exact) mass is 270 g/mol. The van der Waals surface area contributed by atoms with Gasteiger partial charge in [0, 0.05) is 15.7 Å². The van der Waals surface area contributed by atoms with Crippen LogP contribution in [0.15, 0.2) is 18.2 Å². The molecule has 0 aromatic heterocycles. The van der Waals surface area contributed by atoms with Crippen LogP contribution < -0.4 is 5.32 Å². The van der Waals surface area contributed by atoms with Crippen molar-refractivity contribution in [2.45, 2.75) is 20.3 Å². The Balaban J connectivity index is 2.92. The highest BCUT2D eigenvalue weighted by atomic mass is 35.5. The number of carbonyl (C=O) groups excluding carboxylic acids is 1. The van der Waals surface area contributed by atoms with E-state index >= 15 is 0 Å². The number of halogens is 2. The van der Waals surface area contributed by atoms with Gasteiger partial charge in [-0.2, -0.15) is 5.26 Å². The number of rotatable bonds is 3. The van der Waals surface area contributed by atoms with E-state index in [2.05, 4.69) is 5.32 Å². The third-order valence-corrected chi connectivity index (χ3v) is 3.01. The van der Waals surface area contributed by atoms with Crippen LogP contribution in [0.25, 0.3) is 0 Å². The smallest absolute Gasteiger partial charge is 0.244 e. The summed E-state index contributed by atoms with van der Waals surface area (Å²) >= 11 is 11.6. The van der Waals surface area contributed by atoms with Crippen LogP contribution in [0.3, 0.4) is 0 Å². The largest absolute Gasteiger partial charge is 0.325 e. The molecule has 0 saturated carbocycles. The highest BCUT2D eigenvalue weighted by Gasteiger charge is 2.31. The Bertz CT molecular complexity index is 462. The summed E-state index contributed by atoms with van der Waals surface area (Å²) in [6.07, 6.45) is 0.434. The number of amides is 1. The molecule has 1 aromatic rings. The summed E-state index contributed by atoms with van der Waals surface area (Å²) < 4.78 is 0. The predicted octanol–water partition coefficient (Wildman–Crippen LogP) is 3.87. The molecule has 1 atom stereocenters. The number of hydrogen-bond donors (Lipinski definition) is 1. The minimum atomic E-state index is -1.05. The van der Waals surface area contributed by atoms with Crippen molar-refractivity contribution in [3.8, 4) is 6.07 Å². The Morgan fingerprint density at radius 2 is 1.94 bits per heavy atom. The average molecular weight is 271 g/mol.